The van der Waals surface area contributed by atoms with Gasteiger partial charge in [-0.25, -0.2) is 0 Å². The third-order valence-corrected chi connectivity index (χ3v) is 4.18. The van der Waals surface area contributed by atoms with Crippen LogP contribution in [0.3, 0.4) is 0 Å². The third kappa shape index (κ3) is 7.94. The molecule has 0 aromatic carbocycles. The number of aromatic nitrogens is 2. The molecule has 7 heteroatoms. The zero-order valence-corrected chi connectivity index (χ0v) is 19.5. The molecule has 0 fully saturated rings. The SMILES string of the molecule is CCNC(=NCCN(C)C(C)C)N(C)Cc1cn(C)nc1C(C)C.I. The summed E-state index contributed by atoms with van der Waals surface area (Å²) in [5, 5.41) is 7.99. The molecule has 146 valence electrons. The molecule has 0 aliphatic carbocycles. The van der Waals surface area contributed by atoms with Crippen molar-refractivity contribution >= 4 is 29.9 Å². The van der Waals surface area contributed by atoms with Crippen LogP contribution >= 0.6 is 24.0 Å². The molecule has 0 aliphatic rings. The van der Waals surface area contributed by atoms with Gasteiger partial charge in [-0.1, -0.05) is 13.8 Å². The monoisotopic (exact) mass is 464 g/mol. The predicted molar refractivity (Wildman–Crippen MR) is 118 cm³/mol. The highest BCUT2D eigenvalue weighted by molar-refractivity contribution is 14.0. The van der Waals surface area contributed by atoms with Crippen molar-refractivity contribution in [3.63, 3.8) is 0 Å². The van der Waals surface area contributed by atoms with E-state index in [1.165, 1.54) is 11.3 Å². The summed E-state index contributed by atoms with van der Waals surface area (Å²) < 4.78 is 1.90. The van der Waals surface area contributed by atoms with E-state index in [2.05, 4.69) is 75.1 Å². The fourth-order valence-corrected chi connectivity index (χ4v) is 2.53. The first-order chi connectivity index (χ1) is 11.3. The highest BCUT2D eigenvalue weighted by atomic mass is 127. The van der Waals surface area contributed by atoms with E-state index in [-0.39, 0.29) is 24.0 Å². The largest absolute Gasteiger partial charge is 0.357 e. The second-order valence-electron chi connectivity index (χ2n) is 7.03. The zero-order chi connectivity index (χ0) is 18.3. The Morgan fingerprint density at radius 3 is 2.44 bits per heavy atom. The van der Waals surface area contributed by atoms with Gasteiger partial charge in [0.2, 0.25) is 0 Å². The van der Waals surface area contributed by atoms with Crippen molar-refractivity contribution in [1.82, 2.24) is 24.9 Å². The van der Waals surface area contributed by atoms with Crippen molar-refractivity contribution in [2.24, 2.45) is 12.0 Å². The quantitative estimate of drug-likeness (QED) is 0.365. The topological polar surface area (TPSA) is 48.7 Å². The number of nitrogens with one attached hydrogen (secondary N) is 1. The van der Waals surface area contributed by atoms with E-state index in [0.29, 0.717) is 12.0 Å². The summed E-state index contributed by atoms with van der Waals surface area (Å²) in [4.78, 5) is 9.27. The molecule has 1 heterocycles. The summed E-state index contributed by atoms with van der Waals surface area (Å²) in [7, 11) is 6.21. The molecule has 0 atom stereocenters. The van der Waals surface area contributed by atoms with Crippen LogP contribution in [0.15, 0.2) is 11.2 Å². The fraction of sp³-hybridized carbons (Fsp3) is 0.778. The Labute approximate surface area is 171 Å². The van der Waals surface area contributed by atoms with Gasteiger partial charge in [0, 0.05) is 51.5 Å². The molecular weight excluding hydrogens is 427 g/mol. The van der Waals surface area contributed by atoms with Gasteiger partial charge < -0.3 is 15.1 Å². The molecule has 1 aromatic heterocycles. The number of guanidine groups is 1. The van der Waals surface area contributed by atoms with Gasteiger partial charge >= 0.3 is 0 Å². The number of aliphatic imine (C=N–C) groups is 1. The summed E-state index contributed by atoms with van der Waals surface area (Å²) in [5.74, 6) is 1.38. The number of likely N-dealkylation sites (N-methyl/N-ethyl adjacent to an activating group) is 1. The lowest BCUT2D eigenvalue weighted by Crippen LogP contribution is -2.39. The van der Waals surface area contributed by atoms with Gasteiger partial charge in [0.05, 0.1) is 12.2 Å². The highest BCUT2D eigenvalue weighted by Gasteiger charge is 2.15. The predicted octanol–water partition coefficient (Wildman–Crippen LogP) is 2.90. The summed E-state index contributed by atoms with van der Waals surface area (Å²) in [6.45, 7) is 14.3. The molecule has 1 N–H and O–H groups in total. The van der Waals surface area contributed by atoms with E-state index in [0.717, 1.165) is 32.1 Å². The Balaban J connectivity index is 0.00000576. The molecule has 25 heavy (non-hydrogen) atoms. The molecule has 0 spiro atoms. The lowest BCUT2D eigenvalue weighted by Gasteiger charge is -2.24. The fourth-order valence-electron chi connectivity index (χ4n) is 2.53. The number of hydrogen-bond acceptors (Lipinski definition) is 3. The van der Waals surface area contributed by atoms with E-state index >= 15 is 0 Å². The number of hydrogen-bond donors (Lipinski definition) is 1. The molecule has 0 radical (unpaired) electrons. The summed E-state index contributed by atoms with van der Waals surface area (Å²) >= 11 is 0. The molecule has 1 aromatic rings. The Kier molecular flexibility index (Phi) is 11.3. The number of rotatable bonds is 8. The van der Waals surface area contributed by atoms with Crippen LogP contribution in [0, 0.1) is 0 Å². The van der Waals surface area contributed by atoms with E-state index in [4.69, 9.17) is 4.99 Å². The Morgan fingerprint density at radius 2 is 1.92 bits per heavy atom. The molecule has 0 saturated heterocycles. The van der Waals surface area contributed by atoms with Crippen LogP contribution in [0.25, 0.3) is 0 Å². The van der Waals surface area contributed by atoms with Crippen LogP contribution in [-0.2, 0) is 13.6 Å². The van der Waals surface area contributed by atoms with Crippen LogP contribution < -0.4 is 5.32 Å². The van der Waals surface area contributed by atoms with Gasteiger partial charge in [0.25, 0.3) is 0 Å². The number of nitrogens with zero attached hydrogens (tertiary/aromatic N) is 5. The second-order valence-corrected chi connectivity index (χ2v) is 7.03. The van der Waals surface area contributed by atoms with Gasteiger partial charge in [-0.05, 0) is 33.7 Å². The third-order valence-electron chi connectivity index (χ3n) is 4.18. The van der Waals surface area contributed by atoms with Gasteiger partial charge in [-0.3, -0.25) is 9.67 Å². The number of aryl methyl sites for hydroxylation is 1. The van der Waals surface area contributed by atoms with Gasteiger partial charge in [0.1, 0.15) is 0 Å². The maximum absolute atomic E-state index is 4.78. The van der Waals surface area contributed by atoms with Crippen molar-refractivity contribution in [2.75, 3.05) is 33.7 Å². The first-order valence-electron chi connectivity index (χ1n) is 8.98. The summed E-state index contributed by atoms with van der Waals surface area (Å²) in [6.07, 6.45) is 2.11. The normalized spacial score (nSPS) is 12.0. The van der Waals surface area contributed by atoms with Crippen molar-refractivity contribution in [3.8, 4) is 0 Å². The standard InChI is InChI=1S/C18H36N6.HI/c1-9-19-18(20-10-11-22(6)15(4)5)23(7)12-16-13-24(8)21-17(16)14(2)3;/h13-15H,9-12H2,1-8H3,(H,19,20);1H. The lowest BCUT2D eigenvalue weighted by atomic mass is 10.1. The van der Waals surface area contributed by atoms with Crippen LogP contribution in [-0.4, -0.2) is 65.3 Å². The Morgan fingerprint density at radius 1 is 1.28 bits per heavy atom. The summed E-state index contributed by atoms with van der Waals surface area (Å²) in [6, 6.07) is 0.546. The molecule has 6 nitrogen and oxygen atoms in total. The van der Waals surface area contributed by atoms with E-state index < -0.39 is 0 Å². The average Bonchev–Trinajstić information content (AvgIpc) is 2.86. The minimum Gasteiger partial charge on any atom is -0.357 e. The molecule has 0 amide bonds. The molecule has 0 aliphatic heterocycles. The smallest absolute Gasteiger partial charge is 0.194 e. The Bertz CT molecular complexity index is 524. The van der Waals surface area contributed by atoms with Crippen molar-refractivity contribution in [3.05, 3.63) is 17.5 Å². The van der Waals surface area contributed by atoms with Crippen LogP contribution in [0.2, 0.25) is 0 Å². The van der Waals surface area contributed by atoms with Crippen LogP contribution in [0.5, 0.6) is 0 Å². The van der Waals surface area contributed by atoms with Gasteiger partial charge in [0.15, 0.2) is 5.96 Å². The molecule has 0 saturated carbocycles. The van der Waals surface area contributed by atoms with Crippen molar-refractivity contribution in [2.45, 2.75) is 53.1 Å². The van der Waals surface area contributed by atoms with Crippen LogP contribution in [0.4, 0.5) is 0 Å². The van der Waals surface area contributed by atoms with Crippen molar-refractivity contribution < 1.29 is 0 Å². The van der Waals surface area contributed by atoms with E-state index in [1.54, 1.807) is 0 Å². The number of halogens is 1. The van der Waals surface area contributed by atoms with Gasteiger partial charge in [-0.2, -0.15) is 5.10 Å². The molecular formula is C18H37IN6. The first-order valence-corrected chi connectivity index (χ1v) is 8.98. The maximum Gasteiger partial charge on any atom is 0.194 e. The maximum atomic E-state index is 4.78. The zero-order valence-electron chi connectivity index (χ0n) is 17.2. The summed E-state index contributed by atoms with van der Waals surface area (Å²) in [5.41, 5.74) is 2.43. The average molecular weight is 464 g/mol. The Hall–Kier alpha value is -0.830. The molecule has 0 bridgehead atoms. The van der Waals surface area contributed by atoms with E-state index in [9.17, 15) is 0 Å². The minimum absolute atomic E-state index is 0. The highest BCUT2D eigenvalue weighted by Crippen LogP contribution is 2.18. The minimum atomic E-state index is 0. The van der Waals surface area contributed by atoms with Crippen LogP contribution in [0.1, 0.15) is 51.8 Å². The van der Waals surface area contributed by atoms with Gasteiger partial charge in [-0.15, -0.1) is 24.0 Å². The first kappa shape index (κ1) is 24.2. The molecule has 0 unspecified atom stereocenters. The van der Waals surface area contributed by atoms with E-state index in [1.807, 2.05) is 11.7 Å². The second kappa shape index (κ2) is 11.7. The lowest BCUT2D eigenvalue weighted by molar-refractivity contribution is 0.281. The molecule has 1 rings (SSSR count). The van der Waals surface area contributed by atoms with Crippen molar-refractivity contribution in [1.29, 1.82) is 0 Å².